The van der Waals surface area contributed by atoms with Gasteiger partial charge < -0.3 is 19.6 Å². The van der Waals surface area contributed by atoms with Crippen molar-refractivity contribution in [3.63, 3.8) is 0 Å². The number of hydrogen-bond donors (Lipinski definition) is 2. The summed E-state index contributed by atoms with van der Waals surface area (Å²) in [6.07, 6.45) is 8.29. The summed E-state index contributed by atoms with van der Waals surface area (Å²) in [5, 5.41) is 12.8. The number of hydrogen-bond acceptors (Lipinski definition) is 4. The summed E-state index contributed by atoms with van der Waals surface area (Å²) in [5.41, 5.74) is 0.849. The Hall–Kier alpha value is -1.59. The zero-order chi connectivity index (χ0) is 14.2. The maximum atomic E-state index is 11.6. The zero-order valence-electron chi connectivity index (χ0n) is 11.5. The Kier molecular flexibility index (Phi) is 5.83. The van der Waals surface area contributed by atoms with E-state index in [9.17, 15) is 9.90 Å². The van der Waals surface area contributed by atoms with Crippen molar-refractivity contribution in [3.05, 3.63) is 30.2 Å². The Bertz CT molecular complexity index is 421. The molecule has 1 aliphatic heterocycles. The highest BCUT2D eigenvalue weighted by atomic mass is 16.5. The number of rotatable bonds is 6. The lowest BCUT2D eigenvalue weighted by Gasteiger charge is -2.26. The van der Waals surface area contributed by atoms with Gasteiger partial charge in [-0.3, -0.25) is 4.79 Å². The molecular formula is C15H21NO4. The molecular weight excluding hydrogens is 258 g/mol. The van der Waals surface area contributed by atoms with Gasteiger partial charge in [0, 0.05) is 31.4 Å². The van der Waals surface area contributed by atoms with Crippen LogP contribution >= 0.6 is 0 Å². The minimum Gasteiger partial charge on any atom is -0.472 e. The fourth-order valence-electron chi connectivity index (χ4n) is 2.28. The van der Waals surface area contributed by atoms with Crippen molar-refractivity contribution in [2.45, 2.75) is 25.4 Å². The van der Waals surface area contributed by atoms with Crippen LogP contribution in [0.1, 0.15) is 24.8 Å². The van der Waals surface area contributed by atoms with Crippen LogP contribution in [0.2, 0.25) is 0 Å². The maximum Gasteiger partial charge on any atom is 0.244 e. The summed E-state index contributed by atoms with van der Waals surface area (Å²) in [5.74, 6) is 0.132. The molecule has 110 valence electrons. The molecule has 1 unspecified atom stereocenters. The Morgan fingerprint density at radius 3 is 3.00 bits per heavy atom. The summed E-state index contributed by atoms with van der Waals surface area (Å²) in [6, 6.07) is 1.78. The Balaban J connectivity index is 1.63. The first kappa shape index (κ1) is 14.8. The predicted molar refractivity (Wildman–Crippen MR) is 74.9 cm³/mol. The minimum atomic E-state index is -0.364. The van der Waals surface area contributed by atoms with Gasteiger partial charge in [0.25, 0.3) is 0 Å². The van der Waals surface area contributed by atoms with E-state index in [1.807, 2.05) is 0 Å². The lowest BCUT2D eigenvalue weighted by molar-refractivity contribution is -0.116. The van der Waals surface area contributed by atoms with E-state index in [-0.39, 0.29) is 12.0 Å². The van der Waals surface area contributed by atoms with E-state index in [1.165, 1.54) is 6.08 Å². The van der Waals surface area contributed by atoms with Crippen LogP contribution in [0.4, 0.5) is 0 Å². The second-order valence-corrected chi connectivity index (χ2v) is 4.99. The molecule has 1 amide bonds. The van der Waals surface area contributed by atoms with Gasteiger partial charge in [-0.05, 0) is 37.3 Å². The molecule has 1 aromatic rings. The molecule has 5 nitrogen and oxygen atoms in total. The molecule has 0 spiro atoms. The van der Waals surface area contributed by atoms with E-state index >= 15 is 0 Å². The third-order valence-corrected chi connectivity index (χ3v) is 3.52. The molecule has 1 aromatic heterocycles. The summed E-state index contributed by atoms with van der Waals surface area (Å²) >= 11 is 0. The third kappa shape index (κ3) is 4.83. The fraction of sp³-hybridized carbons (Fsp3) is 0.533. The zero-order valence-corrected chi connectivity index (χ0v) is 11.5. The van der Waals surface area contributed by atoms with Gasteiger partial charge in [0.2, 0.25) is 5.91 Å². The lowest BCUT2D eigenvalue weighted by atomic mass is 9.92. The molecule has 0 saturated carbocycles. The quantitative estimate of drug-likeness (QED) is 0.776. The van der Waals surface area contributed by atoms with E-state index < -0.39 is 0 Å². The van der Waals surface area contributed by atoms with Crippen molar-refractivity contribution in [1.29, 1.82) is 0 Å². The largest absolute Gasteiger partial charge is 0.472 e. The van der Waals surface area contributed by atoms with Crippen LogP contribution in [0.25, 0.3) is 6.08 Å². The molecule has 1 fully saturated rings. The molecule has 1 aliphatic rings. The van der Waals surface area contributed by atoms with E-state index in [4.69, 9.17) is 9.15 Å². The monoisotopic (exact) mass is 279 g/mol. The first-order valence-electron chi connectivity index (χ1n) is 6.99. The number of aliphatic hydroxyl groups is 1. The van der Waals surface area contributed by atoms with E-state index in [0.717, 1.165) is 31.6 Å². The average molecular weight is 279 g/mol. The molecule has 1 saturated heterocycles. The molecule has 0 radical (unpaired) electrons. The number of carbonyl (C=O) groups excluding carboxylic acids is 1. The highest BCUT2D eigenvalue weighted by Crippen LogP contribution is 2.20. The van der Waals surface area contributed by atoms with Gasteiger partial charge in [0.15, 0.2) is 0 Å². The van der Waals surface area contributed by atoms with Gasteiger partial charge >= 0.3 is 0 Å². The Labute approximate surface area is 118 Å². The molecule has 0 aromatic carbocycles. The highest BCUT2D eigenvalue weighted by Gasteiger charge is 2.21. The van der Waals surface area contributed by atoms with Crippen LogP contribution in [0.5, 0.6) is 0 Å². The van der Waals surface area contributed by atoms with Crippen LogP contribution in [0, 0.1) is 5.92 Å². The molecule has 2 rings (SSSR count). The van der Waals surface area contributed by atoms with Gasteiger partial charge in [-0.2, -0.15) is 0 Å². The normalized spacial score (nSPS) is 18.2. The Morgan fingerprint density at radius 1 is 1.50 bits per heavy atom. The molecule has 0 bridgehead atoms. The van der Waals surface area contributed by atoms with Crippen molar-refractivity contribution in [3.8, 4) is 0 Å². The lowest BCUT2D eigenvalue weighted by Crippen LogP contribution is -2.31. The van der Waals surface area contributed by atoms with Crippen molar-refractivity contribution >= 4 is 12.0 Å². The van der Waals surface area contributed by atoms with Gasteiger partial charge in [-0.15, -0.1) is 0 Å². The van der Waals surface area contributed by atoms with Crippen LogP contribution < -0.4 is 5.32 Å². The van der Waals surface area contributed by atoms with Crippen LogP contribution in [-0.2, 0) is 9.53 Å². The van der Waals surface area contributed by atoms with Gasteiger partial charge in [-0.1, -0.05) is 0 Å². The SMILES string of the molecule is O=C(C=Cc1ccoc1)NCCC(O)C1CCOCC1. The van der Waals surface area contributed by atoms with Crippen LogP contribution in [0.3, 0.4) is 0 Å². The molecule has 0 aliphatic carbocycles. The molecule has 20 heavy (non-hydrogen) atoms. The highest BCUT2D eigenvalue weighted by molar-refractivity contribution is 5.91. The average Bonchev–Trinajstić information content (AvgIpc) is 2.99. The van der Waals surface area contributed by atoms with Gasteiger partial charge in [0.1, 0.15) is 0 Å². The van der Waals surface area contributed by atoms with Crippen molar-refractivity contribution in [1.82, 2.24) is 5.32 Å². The molecule has 1 atom stereocenters. The summed E-state index contributed by atoms with van der Waals surface area (Å²) in [7, 11) is 0. The topological polar surface area (TPSA) is 71.7 Å². The fourth-order valence-corrected chi connectivity index (χ4v) is 2.28. The first-order valence-corrected chi connectivity index (χ1v) is 6.99. The summed E-state index contributed by atoms with van der Waals surface area (Å²) in [6.45, 7) is 1.93. The van der Waals surface area contributed by atoms with Crippen molar-refractivity contribution in [2.24, 2.45) is 5.92 Å². The second-order valence-electron chi connectivity index (χ2n) is 4.99. The first-order chi connectivity index (χ1) is 9.75. The number of furan rings is 1. The Morgan fingerprint density at radius 2 is 2.30 bits per heavy atom. The van der Waals surface area contributed by atoms with E-state index in [1.54, 1.807) is 24.7 Å². The number of amides is 1. The van der Waals surface area contributed by atoms with E-state index in [2.05, 4.69) is 5.32 Å². The molecule has 2 N–H and O–H groups in total. The standard InChI is InChI=1S/C15H21NO4/c17-14(13-5-9-19-10-6-13)3-7-16-15(18)2-1-12-4-8-20-11-12/h1-2,4,8,11,13-14,17H,3,5-7,9-10H2,(H,16,18). The predicted octanol–water partition coefficient (Wildman–Crippen LogP) is 1.59. The summed E-state index contributed by atoms with van der Waals surface area (Å²) < 4.78 is 10.2. The summed E-state index contributed by atoms with van der Waals surface area (Å²) in [4.78, 5) is 11.6. The van der Waals surface area contributed by atoms with E-state index in [0.29, 0.717) is 18.9 Å². The third-order valence-electron chi connectivity index (χ3n) is 3.52. The second kappa shape index (κ2) is 7.87. The van der Waals surface area contributed by atoms with Crippen LogP contribution in [0.15, 0.2) is 29.1 Å². The number of carbonyl (C=O) groups is 1. The number of ether oxygens (including phenoxy) is 1. The minimum absolute atomic E-state index is 0.162. The van der Waals surface area contributed by atoms with Gasteiger partial charge in [0.05, 0.1) is 18.6 Å². The van der Waals surface area contributed by atoms with Crippen molar-refractivity contribution < 1.29 is 19.1 Å². The number of nitrogens with one attached hydrogen (secondary N) is 1. The van der Waals surface area contributed by atoms with Crippen LogP contribution in [-0.4, -0.2) is 36.9 Å². The molecule has 2 heterocycles. The van der Waals surface area contributed by atoms with Crippen molar-refractivity contribution in [2.75, 3.05) is 19.8 Å². The maximum absolute atomic E-state index is 11.6. The molecule has 5 heteroatoms. The smallest absolute Gasteiger partial charge is 0.244 e. The van der Waals surface area contributed by atoms with Gasteiger partial charge in [-0.25, -0.2) is 0 Å². The number of aliphatic hydroxyl groups excluding tert-OH is 1.